The first-order valence-corrected chi connectivity index (χ1v) is 10.6. The molecule has 1 aromatic carbocycles. The zero-order chi connectivity index (χ0) is 20.0. The van der Waals surface area contributed by atoms with E-state index in [0.29, 0.717) is 35.1 Å². The molecule has 1 fully saturated rings. The molecule has 4 heterocycles. The van der Waals surface area contributed by atoms with Crippen LogP contribution in [0.2, 0.25) is 0 Å². The lowest BCUT2D eigenvalue weighted by molar-refractivity contribution is 0.0596. The van der Waals surface area contributed by atoms with Crippen LogP contribution in [0.5, 0.6) is 0 Å². The fourth-order valence-electron chi connectivity index (χ4n) is 4.19. The Kier molecular flexibility index (Phi) is 4.52. The summed E-state index contributed by atoms with van der Waals surface area (Å²) in [6.07, 6.45) is 3.56. The van der Waals surface area contributed by atoms with Crippen molar-refractivity contribution in [2.24, 2.45) is 5.92 Å². The highest BCUT2D eigenvalue weighted by Crippen LogP contribution is 2.26. The van der Waals surface area contributed by atoms with E-state index in [1.165, 1.54) is 16.2 Å². The highest BCUT2D eigenvalue weighted by Gasteiger charge is 2.36. The number of imide groups is 1. The molecule has 0 atom stereocenters. The highest BCUT2D eigenvalue weighted by atomic mass is 32.1. The number of nitrogens with zero attached hydrogens (tertiary/aromatic N) is 4. The minimum absolute atomic E-state index is 0.0493. The maximum atomic E-state index is 12.6. The minimum atomic E-state index is -0.179. The normalized spacial score (nSPS) is 18.0. The topological polar surface area (TPSA) is 75.0 Å². The van der Waals surface area contributed by atoms with Gasteiger partial charge < -0.3 is 0 Å². The monoisotopic (exact) mass is 408 g/mol. The summed E-state index contributed by atoms with van der Waals surface area (Å²) in [4.78, 5) is 46.2. The van der Waals surface area contributed by atoms with E-state index in [0.717, 1.165) is 31.6 Å². The molecule has 0 bridgehead atoms. The molecule has 2 aliphatic rings. The Labute approximate surface area is 171 Å². The smallest absolute Gasteiger partial charge is 0.261 e. The Hall–Kier alpha value is -2.84. The van der Waals surface area contributed by atoms with Crippen LogP contribution in [0.25, 0.3) is 4.96 Å². The Balaban J connectivity index is 1.20. The number of carbonyl (C=O) groups excluding carboxylic acids is 2. The second-order valence-corrected chi connectivity index (χ2v) is 8.50. The van der Waals surface area contributed by atoms with Gasteiger partial charge in [0, 0.05) is 30.7 Å². The molecule has 2 amide bonds. The predicted molar refractivity (Wildman–Crippen MR) is 109 cm³/mol. The summed E-state index contributed by atoms with van der Waals surface area (Å²) in [6.45, 7) is 2.84. The molecule has 2 aromatic heterocycles. The van der Waals surface area contributed by atoms with Crippen LogP contribution >= 0.6 is 11.3 Å². The number of thiazole rings is 1. The lowest BCUT2D eigenvalue weighted by Gasteiger charge is -2.33. The van der Waals surface area contributed by atoms with Crippen LogP contribution in [0.15, 0.2) is 46.7 Å². The van der Waals surface area contributed by atoms with Gasteiger partial charge >= 0.3 is 0 Å². The van der Waals surface area contributed by atoms with Crippen molar-refractivity contribution in [3.63, 3.8) is 0 Å². The number of hydrogen-bond donors (Lipinski definition) is 0. The summed E-state index contributed by atoms with van der Waals surface area (Å²) in [5, 5.41) is 1.86. The molecule has 5 rings (SSSR count). The predicted octanol–water partition coefficient (Wildman–Crippen LogP) is 2.26. The average molecular weight is 408 g/mol. The van der Waals surface area contributed by atoms with Crippen molar-refractivity contribution >= 4 is 28.1 Å². The molecular weight excluding hydrogens is 388 g/mol. The summed E-state index contributed by atoms with van der Waals surface area (Å²) in [6, 6.07) is 8.62. The first-order chi connectivity index (χ1) is 14.1. The van der Waals surface area contributed by atoms with Crippen molar-refractivity contribution < 1.29 is 9.59 Å². The van der Waals surface area contributed by atoms with Gasteiger partial charge in [0.1, 0.15) is 0 Å². The van der Waals surface area contributed by atoms with Gasteiger partial charge in [-0.15, -0.1) is 11.3 Å². The lowest BCUT2D eigenvalue weighted by atomic mass is 9.96. The van der Waals surface area contributed by atoms with Crippen LogP contribution in [0.4, 0.5) is 0 Å². The van der Waals surface area contributed by atoms with E-state index in [-0.39, 0.29) is 17.4 Å². The molecule has 7 nitrogen and oxygen atoms in total. The van der Waals surface area contributed by atoms with Crippen molar-refractivity contribution in [2.75, 3.05) is 19.6 Å². The van der Waals surface area contributed by atoms with E-state index in [1.54, 1.807) is 40.9 Å². The number of piperidine rings is 1. The molecule has 29 heavy (non-hydrogen) atoms. The standard InChI is InChI=1S/C21H20N4O3S/c26-18-11-15(22-21-24(18)9-10-29-21)13-23-7-5-14(6-8-23)12-25-19(27)16-3-1-2-4-17(16)20(25)28/h1-4,9-11,14H,5-8,12-13H2. The number of rotatable bonds is 4. The van der Waals surface area contributed by atoms with E-state index in [9.17, 15) is 14.4 Å². The zero-order valence-electron chi connectivity index (χ0n) is 15.8. The van der Waals surface area contributed by atoms with Gasteiger partial charge in [-0.1, -0.05) is 12.1 Å². The Bertz CT molecular complexity index is 1120. The summed E-state index contributed by atoms with van der Waals surface area (Å²) < 4.78 is 1.56. The van der Waals surface area contributed by atoms with E-state index >= 15 is 0 Å². The highest BCUT2D eigenvalue weighted by molar-refractivity contribution is 7.15. The molecule has 2 aliphatic heterocycles. The Morgan fingerprint density at radius 2 is 1.72 bits per heavy atom. The molecule has 8 heteroatoms. The van der Waals surface area contributed by atoms with E-state index in [2.05, 4.69) is 9.88 Å². The van der Waals surface area contributed by atoms with Crippen LogP contribution in [0.3, 0.4) is 0 Å². The third kappa shape index (κ3) is 3.28. The minimum Gasteiger partial charge on any atom is -0.297 e. The quantitative estimate of drug-likeness (QED) is 0.619. The summed E-state index contributed by atoms with van der Waals surface area (Å²) in [7, 11) is 0. The van der Waals surface area contributed by atoms with Gasteiger partial charge in [-0.2, -0.15) is 0 Å². The second-order valence-electron chi connectivity index (χ2n) is 7.63. The summed E-state index contributed by atoms with van der Waals surface area (Å²) in [5.74, 6) is -0.0595. The number of benzene rings is 1. The van der Waals surface area contributed by atoms with Crippen LogP contribution < -0.4 is 5.56 Å². The second kappa shape index (κ2) is 7.20. The number of fused-ring (bicyclic) bond motifs is 2. The van der Waals surface area contributed by atoms with E-state index in [4.69, 9.17) is 0 Å². The van der Waals surface area contributed by atoms with Gasteiger partial charge in [0.25, 0.3) is 17.4 Å². The van der Waals surface area contributed by atoms with E-state index < -0.39 is 0 Å². The number of aromatic nitrogens is 2. The van der Waals surface area contributed by atoms with E-state index in [1.807, 2.05) is 5.38 Å². The van der Waals surface area contributed by atoms with Crippen LogP contribution in [-0.4, -0.2) is 50.6 Å². The molecule has 0 saturated carbocycles. The molecule has 0 aliphatic carbocycles. The SMILES string of the molecule is O=C1c2ccccc2C(=O)N1CC1CCN(Cc2cc(=O)n3ccsc3n2)CC1. The van der Waals surface area contributed by atoms with Gasteiger partial charge in [-0.3, -0.25) is 28.6 Å². The summed E-state index contributed by atoms with van der Waals surface area (Å²) in [5.41, 5.74) is 1.76. The fourth-order valence-corrected chi connectivity index (χ4v) is 4.93. The lowest BCUT2D eigenvalue weighted by Crippen LogP contribution is -2.40. The molecule has 0 spiro atoms. The van der Waals surface area contributed by atoms with Crippen molar-refractivity contribution in [1.29, 1.82) is 0 Å². The van der Waals surface area contributed by atoms with Gasteiger partial charge in [0.2, 0.25) is 0 Å². The molecule has 3 aromatic rings. The molecule has 148 valence electrons. The zero-order valence-corrected chi connectivity index (χ0v) is 16.6. The maximum absolute atomic E-state index is 12.6. The third-order valence-electron chi connectivity index (χ3n) is 5.77. The van der Waals surface area contributed by atoms with Gasteiger partial charge in [0.15, 0.2) is 4.96 Å². The molecule has 0 radical (unpaired) electrons. The number of carbonyl (C=O) groups is 2. The molecule has 0 N–H and O–H groups in total. The van der Waals surface area contributed by atoms with Crippen molar-refractivity contribution in [2.45, 2.75) is 19.4 Å². The Morgan fingerprint density at radius 1 is 1.03 bits per heavy atom. The summed E-state index contributed by atoms with van der Waals surface area (Å²) >= 11 is 1.45. The van der Waals surface area contributed by atoms with Gasteiger partial charge in [0.05, 0.1) is 16.8 Å². The Morgan fingerprint density at radius 3 is 2.41 bits per heavy atom. The van der Waals surface area contributed by atoms with Crippen LogP contribution in [-0.2, 0) is 6.54 Å². The number of likely N-dealkylation sites (tertiary alicyclic amines) is 1. The maximum Gasteiger partial charge on any atom is 0.261 e. The average Bonchev–Trinajstić information content (AvgIpc) is 3.29. The molecular formula is C21H20N4O3S. The molecule has 0 unspecified atom stereocenters. The first-order valence-electron chi connectivity index (χ1n) is 9.73. The number of hydrogen-bond acceptors (Lipinski definition) is 6. The van der Waals surface area contributed by atoms with Gasteiger partial charge in [-0.25, -0.2) is 4.98 Å². The molecule has 1 saturated heterocycles. The van der Waals surface area contributed by atoms with Gasteiger partial charge in [-0.05, 0) is 44.0 Å². The first kappa shape index (κ1) is 18.2. The largest absolute Gasteiger partial charge is 0.297 e. The van der Waals surface area contributed by atoms with Crippen molar-refractivity contribution in [1.82, 2.24) is 19.2 Å². The van der Waals surface area contributed by atoms with Crippen molar-refractivity contribution in [3.05, 3.63) is 69.1 Å². The third-order valence-corrected chi connectivity index (χ3v) is 6.52. The van der Waals surface area contributed by atoms with Crippen LogP contribution in [0, 0.1) is 5.92 Å². The number of amides is 2. The fraction of sp³-hybridized carbons (Fsp3) is 0.333. The van der Waals surface area contributed by atoms with Crippen LogP contribution in [0.1, 0.15) is 39.3 Å². The van der Waals surface area contributed by atoms with Crippen molar-refractivity contribution in [3.8, 4) is 0 Å².